The van der Waals surface area contributed by atoms with Crippen LogP contribution in [-0.2, 0) is 9.84 Å². The molecule has 0 aliphatic carbocycles. The first-order valence-corrected chi connectivity index (χ1v) is 8.60. The smallest absolute Gasteiger partial charge is 0.300 e. The van der Waals surface area contributed by atoms with Crippen LogP contribution in [0.25, 0.3) is 0 Å². The lowest BCUT2D eigenvalue weighted by Gasteiger charge is -2.31. The average molecular weight is 351 g/mol. The van der Waals surface area contributed by atoms with Gasteiger partial charge in [0.1, 0.15) is 10.7 Å². The van der Waals surface area contributed by atoms with E-state index in [4.69, 9.17) is 0 Å². The molecule has 0 saturated carbocycles. The van der Waals surface area contributed by atoms with Gasteiger partial charge in [0.05, 0.1) is 0 Å². The molecule has 0 spiro atoms. The van der Waals surface area contributed by atoms with Crippen molar-refractivity contribution in [1.29, 1.82) is 0 Å². The number of likely N-dealkylation sites (tertiary alicyclic amines) is 1. The summed E-state index contributed by atoms with van der Waals surface area (Å²) in [5, 5.41) is 0. The van der Waals surface area contributed by atoms with Gasteiger partial charge in [-0.05, 0) is 43.5 Å². The van der Waals surface area contributed by atoms with E-state index in [-0.39, 0.29) is 11.5 Å². The minimum atomic E-state index is -5.69. The quantitative estimate of drug-likeness (QED) is 0.616. The summed E-state index contributed by atoms with van der Waals surface area (Å²) in [6.07, 6.45) is 2.86. The third-order valence-electron chi connectivity index (χ3n) is 4.00. The number of alkyl halides is 3. The van der Waals surface area contributed by atoms with Gasteiger partial charge in [-0.15, -0.1) is 6.58 Å². The van der Waals surface area contributed by atoms with E-state index in [1.165, 1.54) is 6.07 Å². The van der Waals surface area contributed by atoms with E-state index in [1.54, 1.807) is 6.08 Å². The molecule has 1 aromatic carbocycles. The predicted molar refractivity (Wildman–Crippen MR) is 78.3 cm³/mol. The molecule has 23 heavy (non-hydrogen) atoms. The third-order valence-corrected chi connectivity index (χ3v) is 5.51. The van der Waals surface area contributed by atoms with E-state index >= 15 is 0 Å². The molecule has 0 amide bonds. The van der Waals surface area contributed by atoms with E-state index in [1.807, 2.05) is 0 Å². The second-order valence-corrected chi connectivity index (χ2v) is 7.38. The molecule has 0 bridgehead atoms. The minimum absolute atomic E-state index is 0.0357. The summed E-state index contributed by atoms with van der Waals surface area (Å²) < 4.78 is 75.3. The number of hydrogen-bond donors (Lipinski definition) is 0. The molecule has 1 heterocycles. The Morgan fingerprint density at radius 2 is 1.87 bits per heavy atom. The number of halogens is 4. The van der Waals surface area contributed by atoms with Crippen molar-refractivity contribution in [3.8, 4) is 0 Å². The van der Waals surface area contributed by atoms with Crippen LogP contribution < -0.4 is 0 Å². The van der Waals surface area contributed by atoms with Crippen molar-refractivity contribution in [2.24, 2.45) is 0 Å². The molecule has 0 N–H and O–H groups in total. The number of rotatable bonds is 4. The van der Waals surface area contributed by atoms with Crippen LogP contribution in [0.15, 0.2) is 35.7 Å². The highest BCUT2D eigenvalue weighted by atomic mass is 32.2. The molecule has 1 aromatic rings. The molecular weight excluding hydrogens is 334 g/mol. The van der Waals surface area contributed by atoms with Crippen molar-refractivity contribution in [2.45, 2.75) is 29.2 Å². The first-order chi connectivity index (χ1) is 10.7. The summed E-state index contributed by atoms with van der Waals surface area (Å²) in [7, 11) is -5.69. The van der Waals surface area contributed by atoms with Gasteiger partial charge in [-0.2, -0.15) is 13.2 Å². The lowest BCUT2D eigenvalue weighted by molar-refractivity contribution is -0.0437. The molecule has 2 rings (SSSR count). The van der Waals surface area contributed by atoms with Crippen molar-refractivity contribution in [3.05, 3.63) is 42.2 Å². The molecule has 1 fully saturated rings. The van der Waals surface area contributed by atoms with Crippen LogP contribution in [0.5, 0.6) is 0 Å². The van der Waals surface area contributed by atoms with Crippen molar-refractivity contribution < 1.29 is 26.0 Å². The maximum atomic E-state index is 14.4. The molecule has 1 aliphatic heterocycles. The summed E-state index contributed by atoms with van der Waals surface area (Å²) in [6, 6.07) is 3.18. The Balaban J connectivity index is 2.30. The highest BCUT2D eigenvalue weighted by Crippen LogP contribution is 2.36. The van der Waals surface area contributed by atoms with Crippen molar-refractivity contribution in [3.63, 3.8) is 0 Å². The molecule has 0 unspecified atom stereocenters. The van der Waals surface area contributed by atoms with Crippen molar-refractivity contribution in [2.75, 3.05) is 19.6 Å². The number of nitrogens with zero attached hydrogens (tertiary/aromatic N) is 1. The number of piperidine rings is 1. The Kier molecular flexibility index (Phi) is 5.15. The summed E-state index contributed by atoms with van der Waals surface area (Å²) in [5.41, 5.74) is -5.48. The van der Waals surface area contributed by atoms with E-state index in [2.05, 4.69) is 11.5 Å². The maximum Gasteiger partial charge on any atom is 0.502 e. The normalized spacial score (nSPS) is 18.1. The first-order valence-electron chi connectivity index (χ1n) is 7.11. The lowest BCUT2D eigenvalue weighted by atomic mass is 9.89. The van der Waals surface area contributed by atoms with E-state index in [9.17, 15) is 26.0 Å². The van der Waals surface area contributed by atoms with Crippen LogP contribution in [0.3, 0.4) is 0 Å². The van der Waals surface area contributed by atoms with Gasteiger partial charge in [0.25, 0.3) is 9.84 Å². The predicted octanol–water partition coefficient (Wildman–Crippen LogP) is 3.48. The Bertz CT molecular complexity index is 677. The van der Waals surface area contributed by atoms with Gasteiger partial charge >= 0.3 is 5.51 Å². The fourth-order valence-corrected chi connectivity index (χ4v) is 3.65. The second-order valence-electron chi connectivity index (χ2n) is 5.47. The standard InChI is InChI=1S/C15H17F4NO2S/c1-2-8-20-9-6-11(7-10-20)12-4-3-5-13(14(12)16)23(21,22)15(17,18)19/h2-5,11H,1,6-10H2. The average Bonchev–Trinajstić information content (AvgIpc) is 2.47. The molecule has 3 nitrogen and oxygen atoms in total. The van der Waals surface area contributed by atoms with Gasteiger partial charge in [-0.3, -0.25) is 4.90 Å². The van der Waals surface area contributed by atoms with Crippen molar-refractivity contribution >= 4 is 9.84 Å². The molecule has 1 saturated heterocycles. The zero-order chi connectivity index (χ0) is 17.3. The van der Waals surface area contributed by atoms with E-state index in [0.29, 0.717) is 38.5 Å². The van der Waals surface area contributed by atoms with Crippen LogP contribution >= 0.6 is 0 Å². The SMILES string of the molecule is C=CCN1CCC(c2cccc(S(=O)(=O)C(F)(F)F)c2F)CC1. The molecule has 8 heteroatoms. The number of sulfone groups is 1. The largest absolute Gasteiger partial charge is 0.502 e. The molecule has 128 valence electrons. The van der Waals surface area contributed by atoms with Crippen LogP contribution in [0, 0.1) is 5.82 Å². The van der Waals surface area contributed by atoms with Crippen LogP contribution in [-0.4, -0.2) is 38.5 Å². The highest BCUT2D eigenvalue weighted by molar-refractivity contribution is 7.92. The van der Waals surface area contributed by atoms with Gasteiger partial charge in [0.2, 0.25) is 0 Å². The molecule has 0 atom stereocenters. The summed E-state index contributed by atoms with van der Waals surface area (Å²) >= 11 is 0. The summed E-state index contributed by atoms with van der Waals surface area (Å²) in [5.74, 6) is -1.58. The maximum absolute atomic E-state index is 14.4. The number of hydrogen-bond acceptors (Lipinski definition) is 3. The Hall–Kier alpha value is -1.41. The molecule has 0 radical (unpaired) electrons. The van der Waals surface area contributed by atoms with Crippen LogP contribution in [0.2, 0.25) is 0 Å². The summed E-state index contributed by atoms with van der Waals surface area (Å²) in [6.45, 7) is 5.64. The fourth-order valence-electron chi connectivity index (χ4n) is 2.78. The Morgan fingerprint density at radius 3 is 2.39 bits per heavy atom. The van der Waals surface area contributed by atoms with Crippen LogP contribution in [0.4, 0.5) is 17.6 Å². The minimum Gasteiger partial charge on any atom is -0.300 e. The van der Waals surface area contributed by atoms with Gasteiger partial charge < -0.3 is 0 Å². The second kappa shape index (κ2) is 6.60. The van der Waals surface area contributed by atoms with Crippen LogP contribution in [0.1, 0.15) is 24.3 Å². The van der Waals surface area contributed by atoms with Gasteiger partial charge in [-0.25, -0.2) is 12.8 Å². The zero-order valence-corrected chi connectivity index (χ0v) is 13.1. The zero-order valence-electron chi connectivity index (χ0n) is 12.3. The Labute approximate surface area is 132 Å². The Morgan fingerprint density at radius 1 is 1.26 bits per heavy atom. The number of benzene rings is 1. The highest BCUT2D eigenvalue weighted by Gasteiger charge is 2.48. The lowest BCUT2D eigenvalue weighted by Crippen LogP contribution is -2.33. The van der Waals surface area contributed by atoms with Gasteiger partial charge in [-0.1, -0.05) is 18.2 Å². The van der Waals surface area contributed by atoms with E-state index in [0.717, 1.165) is 6.07 Å². The van der Waals surface area contributed by atoms with Crippen molar-refractivity contribution in [1.82, 2.24) is 4.90 Å². The fraction of sp³-hybridized carbons (Fsp3) is 0.467. The van der Waals surface area contributed by atoms with Gasteiger partial charge in [0, 0.05) is 6.54 Å². The monoisotopic (exact) mass is 351 g/mol. The molecular formula is C15H17F4NO2S. The first kappa shape index (κ1) is 17.9. The molecule has 0 aromatic heterocycles. The van der Waals surface area contributed by atoms with E-state index < -0.39 is 26.1 Å². The topological polar surface area (TPSA) is 37.4 Å². The van der Waals surface area contributed by atoms with Gasteiger partial charge in [0.15, 0.2) is 0 Å². The molecule has 1 aliphatic rings. The summed E-state index contributed by atoms with van der Waals surface area (Å²) in [4.78, 5) is 0.800. The third kappa shape index (κ3) is 3.58.